The van der Waals surface area contributed by atoms with Crippen molar-refractivity contribution in [2.24, 2.45) is 0 Å². The lowest BCUT2D eigenvalue weighted by Crippen LogP contribution is -2.46. The minimum Gasteiger partial charge on any atom is -0.465 e. The zero-order valence-corrected chi connectivity index (χ0v) is 15.2. The van der Waals surface area contributed by atoms with E-state index in [1.165, 1.54) is 7.11 Å². The van der Waals surface area contributed by atoms with Gasteiger partial charge in [0, 0.05) is 63.5 Å². The number of esters is 1. The van der Waals surface area contributed by atoms with Gasteiger partial charge in [-0.25, -0.2) is 14.8 Å². The Balaban J connectivity index is 1.51. The Bertz CT molecular complexity index is 711. The van der Waals surface area contributed by atoms with E-state index in [-0.39, 0.29) is 5.97 Å². The van der Waals surface area contributed by atoms with Crippen LogP contribution in [-0.2, 0) is 22.6 Å². The third-order valence-corrected chi connectivity index (χ3v) is 4.46. The number of anilines is 1. The summed E-state index contributed by atoms with van der Waals surface area (Å²) < 4.78 is 9.77. The highest BCUT2D eigenvalue weighted by molar-refractivity contribution is 5.89. The summed E-state index contributed by atoms with van der Waals surface area (Å²) >= 11 is 0. The second kappa shape index (κ2) is 8.73. The predicted octanol–water partition coefficient (Wildman–Crippen LogP) is 1.73. The summed E-state index contributed by atoms with van der Waals surface area (Å²) in [6.45, 7) is 5.12. The van der Waals surface area contributed by atoms with Crippen LogP contribution in [0.2, 0.25) is 0 Å². The second-order valence-electron chi connectivity index (χ2n) is 6.24. The standard InChI is InChI=1S/C19H24N4O3/c1-25-14-18-20-11-15(12-21-18)13-22-7-9-23(10-8-22)17-5-3-16(4-6-17)19(24)26-2/h3-6,11-12H,7-10,13-14H2,1-2H3. The van der Waals surface area contributed by atoms with E-state index in [4.69, 9.17) is 9.47 Å². The number of carbonyl (C=O) groups excluding carboxylic acids is 1. The van der Waals surface area contributed by atoms with Gasteiger partial charge in [0.2, 0.25) is 0 Å². The van der Waals surface area contributed by atoms with Crippen molar-refractivity contribution in [3.63, 3.8) is 0 Å². The SMILES string of the molecule is COCc1ncc(CN2CCN(c3ccc(C(=O)OC)cc3)CC2)cn1. The molecule has 7 heteroatoms. The Labute approximate surface area is 153 Å². The Hall–Kier alpha value is -2.51. The van der Waals surface area contributed by atoms with E-state index < -0.39 is 0 Å². The predicted molar refractivity (Wildman–Crippen MR) is 98.0 cm³/mol. The summed E-state index contributed by atoms with van der Waals surface area (Å²) in [6, 6.07) is 7.58. The van der Waals surface area contributed by atoms with Crippen LogP contribution in [0.25, 0.3) is 0 Å². The maximum Gasteiger partial charge on any atom is 0.337 e. The van der Waals surface area contributed by atoms with Crippen molar-refractivity contribution in [2.75, 3.05) is 45.3 Å². The van der Waals surface area contributed by atoms with Crippen LogP contribution in [0.15, 0.2) is 36.7 Å². The van der Waals surface area contributed by atoms with Gasteiger partial charge in [-0.2, -0.15) is 0 Å². The number of nitrogens with zero attached hydrogens (tertiary/aromatic N) is 4. The smallest absolute Gasteiger partial charge is 0.337 e. The first-order chi connectivity index (χ1) is 12.7. The molecule has 1 aromatic heterocycles. The molecule has 7 nitrogen and oxygen atoms in total. The van der Waals surface area contributed by atoms with E-state index in [0.717, 1.165) is 44.0 Å². The Morgan fingerprint density at radius 2 is 1.69 bits per heavy atom. The number of hydrogen-bond donors (Lipinski definition) is 0. The monoisotopic (exact) mass is 356 g/mol. The van der Waals surface area contributed by atoms with Crippen molar-refractivity contribution in [1.29, 1.82) is 0 Å². The molecule has 138 valence electrons. The van der Waals surface area contributed by atoms with Crippen LogP contribution in [0, 0.1) is 0 Å². The van der Waals surface area contributed by atoms with E-state index in [0.29, 0.717) is 18.0 Å². The topological polar surface area (TPSA) is 67.8 Å². The van der Waals surface area contributed by atoms with Crippen molar-refractivity contribution in [3.05, 3.63) is 53.6 Å². The normalized spacial score (nSPS) is 15.1. The summed E-state index contributed by atoms with van der Waals surface area (Å²) in [5.41, 5.74) is 2.82. The van der Waals surface area contributed by atoms with E-state index in [9.17, 15) is 4.79 Å². The van der Waals surface area contributed by atoms with Gasteiger partial charge in [-0.15, -0.1) is 0 Å². The van der Waals surface area contributed by atoms with Crippen molar-refractivity contribution < 1.29 is 14.3 Å². The lowest BCUT2D eigenvalue weighted by Gasteiger charge is -2.36. The number of carbonyl (C=O) groups is 1. The highest BCUT2D eigenvalue weighted by Gasteiger charge is 2.18. The van der Waals surface area contributed by atoms with Gasteiger partial charge in [0.25, 0.3) is 0 Å². The van der Waals surface area contributed by atoms with Crippen LogP contribution in [0.3, 0.4) is 0 Å². The second-order valence-corrected chi connectivity index (χ2v) is 6.24. The minimum absolute atomic E-state index is 0.305. The quantitative estimate of drug-likeness (QED) is 0.730. The van der Waals surface area contributed by atoms with Crippen LogP contribution in [-0.4, -0.2) is 61.2 Å². The van der Waals surface area contributed by atoms with Crippen LogP contribution in [0.5, 0.6) is 0 Å². The van der Waals surface area contributed by atoms with Crippen LogP contribution in [0.4, 0.5) is 5.69 Å². The fraction of sp³-hybridized carbons (Fsp3) is 0.421. The Morgan fingerprint density at radius 1 is 1.04 bits per heavy atom. The molecular weight excluding hydrogens is 332 g/mol. The molecule has 3 rings (SSSR count). The first-order valence-electron chi connectivity index (χ1n) is 8.64. The number of methoxy groups -OCH3 is 2. The maximum absolute atomic E-state index is 11.5. The van der Waals surface area contributed by atoms with Crippen molar-refractivity contribution in [3.8, 4) is 0 Å². The Kier molecular flexibility index (Phi) is 6.14. The fourth-order valence-electron chi connectivity index (χ4n) is 3.02. The number of benzene rings is 1. The average molecular weight is 356 g/mol. The number of piperazine rings is 1. The van der Waals surface area contributed by atoms with Gasteiger partial charge in [0.15, 0.2) is 5.82 Å². The molecule has 0 bridgehead atoms. The molecule has 1 aliphatic rings. The van der Waals surface area contributed by atoms with E-state index in [1.54, 1.807) is 7.11 Å². The zero-order valence-electron chi connectivity index (χ0n) is 15.2. The van der Waals surface area contributed by atoms with Gasteiger partial charge >= 0.3 is 5.97 Å². The lowest BCUT2D eigenvalue weighted by molar-refractivity contribution is 0.0601. The van der Waals surface area contributed by atoms with Gasteiger partial charge in [0.1, 0.15) is 6.61 Å². The molecule has 1 aliphatic heterocycles. The van der Waals surface area contributed by atoms with Gasteiger partial charge in [-0.05, 0) is 24.3 Å². The van der Waals surface area contributed by atoms with Crippen LogP contribution < -0.4 is 4.90 Å². The molecule has 0 amide bonds. The molecule has 2 heterocycles. The number of hydrogen-bond acceptors (Lipinski definition) is 7. The number of ether oxygens (including phenoxy) is 2. The summed E-state index contributed by atoms with van der Waals surface area (Å²) in [5, 5.41) is 0. The molecule has 0 atom stereocenters. The van der Waals surface area contributed by atoms with Crippen LogP contribution in [0.1, 0.15) is 21.7 Å². The number of rotatable bonds is 6. The highest BCUT2D eigenvalue weighted by Crippen LogP contribution is 2.18. The summed E-state index contributed by atoms with van der Waals surface area (Å²) in [5.74, 6) is 0.400. The largest absolute Gasteiger partial charge is 0.465 e. The molecule has 26 heavy (non-hydrogen) atoms. The summed E-state index contributed by atoms with van der Waals surface area (Å²) in [4.78, 5) is 24.9. The van der Waals surface area contributed by atoms with Gasteiger partial charge < -0.3 is 14.4 Å². The summed E-state index contributed by atoms with van der Waals surface area (Å²) in [7, 11) is 3.03. The minimum atomic E-state index is -0.305. The first kappa shape index (κ1) is 18.3. The molecule has 0 aliphatic carbocycles. The molecule has 1 fully saturated rings. The third-order valence-electron chi connectivity index (χ3n) is 4.46. The van der Waals surface area contributed by atoms with Gasteiger partial charge in [-0.3, -0.25) is 4.90 Å². The molecule has 0 radical (unpaired) electrons. The molecule has 2 aromatic rings. The maximum atomic E-state index is 11.5. The van der Waals surface area contributed by atoms with E-state index in [2.05, 4.69) is 19.8 Å². The highest BCUT2D eigenvalue weighted by atomic mass is 16.5. The van der Waals surface area contributed by atoms with E-state index in [1.807, 2.05) is 36.7 Å². The fourth-order valence-corrected chi connectivity index (χ4v) is 3.02. The first-order valence-corrected chi connectivity index (χ1v) is 8.64. The molecule has 0 saturated carbocycles. The van der Waals surface area contributed by atoms with E-state index >= 15 is 0 Å². The average Bonchev–Trinajstić information content (AvgIpc) is 2.70. The molecule has 1 saturated heterocycles. The van der Waals surface area contributed by atoms with Gasteiger partial charge in [-0.1, -0.05) is 0 Å². The lowest BCUT2D eigenvalue weighted by atomic mass is 10.1. The Morgan fingerprint density at radius 3 is 2.27 bits per heavy atom. The number of aromatic nitrogens is 2. The van der Waals surface area contributed by atoms with Crippen molar-refractivity contribution >= 4 is 11.7 Å². The van der Waals surface area contributed by atoms with Gasteiger partial charge in [0.05, 0.1) is 12.7 Å². The van der Waals surface area contributed by atoms with Crippen LogP contribution >= 0.6 is 0 Å². The molecular formula is C19H24N4O3. The van der Waals surface area contributed by atoms with Crippen molar-refractivity contribution in [1.82, 2.24) is 14.9 Å². The molecule has 0 N–H and O–H groups in total. The summed E-state index contributed by atoms with van der Waals surface area (Å²) in [6.07, 6.45) is 3.75. The zero-order chi connectivity index (χ0) is 18.4. The molecule has 0 spiro atoms. The van der Waals surface area contributed by atoms with Crippen molar-refractivity contribution in [2.45, 2.75) is 13.2 Å². The molecule has 1 aromatic carbocycles. The third kappa shape index (κ3) is 4.56. The molecule has 0 unspecified atom stereocenters.